The van der Waals surface area contributed by atoms with Gasteiger partial charge in [0, 0.05) is 16.5 Å². The summed E-state index contributed by atoms with van der Waals surface area (Å²) in [6.45, 7) is 9.35. The second kappa shape index (κ2) is 8.25. The summed E-state index contributed by atoms with van der Waals surface area (Å²) < 4.78 is 7.47. The molecule has 1 aromatic heterocycles. The van der Waals surface area contributed by atoms with Crippen molar-refractivity contribution in [3.63, 3.8) is 0 Å². The number of carbonyl (C=O) groups is 1. The van der Waals surface area contributed by atoms with E-state index in [9.17, 15) is 9.90 Å². The second-order valence-corrected chi connectivity index (χ2v) is 7.80. The lowest BCUT2D eigenvalue weighted by Gasteiger charge is -2.13. The van der Waals surface area contributed by atoms with Crippen molar-refractivity contribution < 1.29 is 14.6 Å². The Hall–Kier alpha value is -2.86. The number of amides is 1. The number of hydrogen-bond acceptors (Lipinski definition) is 4. The summed E-state index contributed by atoms with van der Waals surface area (Å²) in [5.41, 5.74) is 2.96. The molecule has 1 atom stereocenters. The molecule has 0 bridgehead atoms. The van der Waals surface area contributed by atoms with Crippen LogP contribution in [0.5, 0.6) is 11.6 Å². The number of hydrogen-bond donors (Lipinski definition) is 1. The van der Waals surface area contributed by atoms with E-state index in [2.05, 4.69) is 10.2 Å². The van der Waals surface area contributed by atoms with Crippen LogP contribution in [-0.4, -0.2) is 21.7 Å². The third-order valence-electron chi connectivity index (χ3n) is 4.66. The molecule has 0 aliphatic heterocycles. The molecule has 29 heavy (non-hydrogen) atoms. The Bertz CT molecular complexity index is 1100. The van der Waals surface area contributed by atoms with E-state index in [1.165, 1.54) is 0 Å². The Morgan fingerprint density at radius 3 is 2.52 bits per heavy atom. The first-order valence-electron chi connectivity index (χ1n) is 9.41. The number of aryl methyl sites for hydroxylation is 2. The lowest BCUT2D eigenvalue weighted by molar-refractivity contribution is -0.124. The number of aromatic hydroxyl groups is 1. The monoisotopic (exact) mass is 413 g/mol. The van der Waals surface area contributed by atoms with Gasteiger partial charge in [-0.2, -0.15) is 0 Å². The smallest absolute Gasteiger partial charge is 0.304 e. The van der Waals surface area contributed by atoms with Gasteiger partial charge in [-0.3, -0.25) is 4.79 Å². The molecule has 0 fully saturated rings. The highest BCUT2D eigenvalue weighted by Crippen LogP contribution is 2.41. The van der Waals surface area contributed by atoms with Gasteiger partial charge < -0.3 is 14.4 Å². The van der Waals surface area contributed by atoms with Crippen LogP contribution < -0.4 is 4.74 Å². The van der Waals surface area contributed by atoms with Gasteiger partial charge in [0.25, 0.3) is 0 Å². The molecule has 0 spiro atoms. The maximum atomic E-state index is 12.5. The number of azo groups is 1. The summed E-state index contributed by atoms with van der Waals surface area (Å²) >= 11 is 5.95. The Kier molecular flexibility index (Phi) is 5.94. The molecule has 1 heterocycles. The number of fused-ring (bicyclic) bond motifs is 1. The molecule has 0 saturated heterocycles. The number of aromatic nitrogens is 1. The standard InChI is InChI=1S/C22H24ClN3O3/c1-12(2)26-18-8-6-13(3)10-17(18)20(22(26)28)24-25-21(27)15(5)29-19-9-7-16(23)11-14(19)4/h6-12,15,28H,1-5H3. The van der Waals surface area contributed by atoms with Gasteiger partial charge in [-0.25, -0.2) is 0 Å². The van der Waals surface area contributed by atoms with Crippen LogP contribution in [-0.2, 0) is 4.79 Å². The molecular weight excluding hydrogens is 390 g/mol. The number of ether oxygens (including phenoxy) is 1. The third-order valence-corrected chi connectivity index (χ3v) is 4.90. The quantitative estimate of drug-likeness (QED) is 0.500. The largest absolute Gasteiger partial charge is 0.493 e. The fraction of sp³-hybridized carbons (Fsp3) is 0.318. The zero-order valence-electron chi connectivity index (χ0n) is 17.1. The van der Waals surface area contributed by atoms with Crippen molar-refractivity contribution in [2.45, 2.75) is 46.8 Å². The SMILES string of the molecule is Cc1ccc2c(c1)c(N=NC(=O)C(C)Oc1ccc(Cl)cc1C)c(O)n2C(C)C. The number of carbonyl (C=O) groups excluding carboxylic acids is 1. The summed E-state index contributed by atoms with van der Waals surface area (Å²) in [6, 6.07) is 11.0. The molecule has 3 rings (SSSR count). The number of halogens is 1. The van der Waals surface area contributed by atoms with Crippen LogP contribution in [0.3, 0.4) is 0 Å². The summed E-state index contributed by atoms with van der Waals surface area (Å²) in [5.74, 6) is -0.00329. The Morgan fingerprint density at radius 1 is 1.14 bits per heavy atom. The van der Waals surface area contributed by atoms with Crippen LogP contribution in [0.1, 0.15) is 37.9 Å². The van der Waals surface area contributed by atoms with Crippen molar-refractivity contribution in [2.24, 2.45) is 10.2 Å². The highest BCUT2D eigenvalue weighted by molar-refractivity contribution is 6.30. The molecule has 0 radical (unpaired) electrons. The van der Waals surface area contributed by atoms with E-state index in [1.54, 1.807) is 29.7 Å². The minimum atomic E-state index is -0.832. The summed E-state index contributed by atoms with van der Waals surface area (Å²) in [6.07, 6.45) is -0.832. The van der Waals surface area contributed by atoms with Crippen LogP contribution in [0, 0.1) is 13.8 Å². The van der Waals surface area contributed by atoms with Crippen molar-refractivity contribution in [2.75, 3.05) is 0 Å². The molecule has 7 heteroatoms. The molecular formula is C22H24ClN3O3. The molecule has 152 valence electrons. The molecule has 2 aromatic carbocycles. The number of benzene rings is 2. The number of nitrogens with zero attached hydrogens (tertiary/aromatic N) is 3. The van der Waals surface area contributed by atoms with Gasteiger partial charge in [0.2, 0.25) is 5.88 Å². The second-order valence-electron chi connectivity index (χ2n) is 7.36. The molecule has 0 saturated carbocycles. The maximum absolute atomic E-state index is 12.5. The Labute approximate surface area is 174 Å². The van der Waals surface area contributed by atoms with Crippen molar-refractivity contribution in [3.05, 3.63) is 52.5 Å². The molecule has 1 amide bonds. The average Bonchev–Trinajstić information content (AvgIpc) is 2.92. The van der Waals surface area contributed by atoms with Crippen LogP contribution in [0.4, 0.5) is 5.69 Å². The normalized spacial score (nSPS) is 12.8. The van der Waals surface area contributed by atoms with Crippen molar-refractivity contribution >= 4 is 34.1 Å². The molecule has 1 unspecified atom stereocenters. The van der Waals surface area contributed by atoms with Gasteiger partial charge in [0.1, 0.15) is 5.75 Å². The number of rotatable bonds is 5. The summed E-state index contributed by atoms with van der Waals surface area (Å²) in [4.78, 5) is 12.5. The van der Waals surface area contributed by atoms with E-state index in [0.717, 1.165) is 22.0 Å². The highest BCUT2D eigenvalue weighted by Gasteiger charge is 2.20. The van der Waals surface area contributed by atoms with E-state index >= 15 is 0 Å². The van der Waals surface area contributed by atoms with E-state index in [-0.39, 0.29) is 17.6 Å². The molecule has 0 aliphatic rings. The van der Waals surface area contributed by atoms with Gasteiger partial charge in [-0.1, -0.05) is 23.2 Å². The zero-order valence-corrected chi connectivity index (χ0v) is 17.9. The fourth-order valence-corrected chi connectivity index (χ4v) is 3.41. The average molecular weight is 414 g/mol. The van der Waals surface area contributed by atoms with Crippen molar-refractivity contribution in [3.8, 4) is 11.6 Å². The van der Waals surface area contributed by atoms with Crippen molar-refractivity contribution in [1.82, 2.24) is 4.57 Å². The van der Waals surface area contributed by atoms with Crippen LogP contribution in [0.2, 0.25) is 5.02 Å². The Balaban J connectivity index is 1.89. The van der Waals surface area contributed by atoms with Gasteiger partial charge in [0.15, 0.2) is 11.8 Å². The van der Waals surface area contributed by atoms with Crippen LogP contribution in [0.15, 0.2) is 46.6 Å². The maximum Gasteiger partial charge on any atom is 0.304 e. The predicted molar refractivity (Wildman–Crippen MR) is 115 cm³/mol. The minimum absolute atomic E-state index is 0.0146. The first kappa shape index (κ1) is 20.9. The first-order valence-corrected chi connectivity index (χ1v) is 9.78. The molecule has 6 nitrogen and oxygen atoms in total. The minimum Gasteiger partial charge on any atom is -0.493 e. The molecule has 3 aromatic rings. The van der Waals surface area contributed by atoms with Gasteiger partial charge >= 0.3 is 5.91 Å². The zero-order chi connectivity index (χ0) is 21.3. The Morgan fingerprint density at radius 2 is 1.86 bits per heavy atom. The van der Waals surface area contributed by atoms with Gasteiger partial charge in [-0.05, 0) is 70.5 Å². The first-order chi connectivity index (χ1) is 13.7. The van der Waals surface area contributed by atoms with Crippen LogP contribution >= 0.6 is 11.6 Å². The predicted octanol–water partition coefficient (Wildman–Crippen LogP) is 6.28. The van der Waals surface area contributed by atoms with E-state index < -0.39 is 12.0 Å². The van der Waals surface area contributed by atoms with Gasteiger partial charge in [-0.15, -0.1) is 10.2 Å². The topological polar surface area (TPSA) is 76.2 Å². The van der Waals surface area contributed by atoms with E-state index in [0.29, 0.717) is 10.8 Å². The third kappa shape index (κ3) is 4.27. The van der Waals surface area contributed by atoms with E-state index in [1.807, 2.05) is 45.9 Å². The summed E-state index contributed by atoms with van der Waals surface area (Å²) in [7, 11) is 0. The molecule has 0 aliphatic carbocycles. The van der Waals surface area contributed by atoms with Gasteiger partial charge in [0.05, 0.1) is 5.52 Å². The molecule has 1 N–H and O–H groups in total. The summed E-state index contributed by atoms with van der Waals surface area (Å²) in [5, 5.41) is 19.9. The fourth-order valence-electron chi connectivity index (χ4n) is 3.19. The lowest BCUT2D eigenvalue weighted by atomic mass is 10.1. The lowest BCUT2D eigenvalue weighted by Crippen LogP contribution is -2.21. The van der Waals surface area contributed by atoms with Crippen LogP contribution in [0.25, 0.3) is 10.9 Å². The van der Waals surface area contributed by atoms with Crippen molar-refractivity contribution in [1.29, 1.82) is 0 Å². The highest BCUT2D eigenvalue weighted by atomic mass is 35.5. The van der Waals surface area contributed by atoms with E-state index in [4.69, 9.17) is 16.3 Å².